The summed E-state index contributed by atoms with van der Waals surface area (Å²) in [5.41, 5.74) is -1.24. The number of aliphatic carboxylic acids is 1. The van der Waals surface area contributed by atoms with Gasteiger partial charge in [-0.2, -0.15) is 13.2 Å². The van der Waals surface area contributed by atoms with Crippen molar-refractivity contribution in [3.05, 3.63) is 29.8 Å². The maximum absolute atomic E-state index is 13.3. The number of carboxylic acid groups (broad SMARTS) is 1. The summed E-state index contributed by atoms with van der Waals surface area (Å²) >= 11 is 0. The average Bonchev–Trinajstić information content (AvgIpc) is 3.07. The lowest BCUT2D eigenvalue weighted by molar-refractivity contribution is -0.149. The summed E-state index contributed by atoms with van der Waals surface area (Å²) in [7, 11) is -4.38. The van der Waals surface area contributed by atoms with E-state index in [9.17, 15) is 31.5 Å². The Hall–Kier alpha value is -1.65. The van der Waals surface area contributed by atoms with Crippen LogP contribution >= 0.6 is 0 Å². The molecule has 1 saturated carbocycles. The molecule has 156 valence electrons. The van der Waals surface area contributed by atoms with Gasteiger partial charge in [-0.25, -0.2) is 8.42 Å². The standard InChI is InChI=1S/C18H21F3O6S/c19-18(20,21)14-3-1-2-4-16(14)28(24,25)12-9-13(17(22)23)15(10-12)27-11-5-7-26-8-6-11/h1-4,11-13,15H,5-10H2,(H,22,23)/t12-,13-,15-/m0/s1. The van der Waals surface area contributed by atoms with Crippen molar-refractivity contribution in [1.82, 2.24) is 0 Å². The van der Waals surface area contributed by atoms with Gasteiger partial charge >= 0.3 is 12.1 Å². The number of benzene rings is 1. The molecule has 0 bridgehead atoms. The lowest BCUT2D eigenvalue weighted by Gasteiger charge is -2.27. The molecule has 1 aromatic rings. The first-order chi connectivity index (χ1) is 13.1. The summed E-state index contributed by atoms with van der Waals surface area (Å²) in [6, 6.07) is 3.97. The third-order valence-electron chi connectivity index (χ3n) is 5.25. The number of hydrogen-bond acceptors (Lipinski definition) is 5. The van der Waals surface area contributed by atoms with E-state index < -0.39 is 49.7 Å². The fourth-order valence-electron chi connectivity index (χ4n) is 3.81. The highest BCUT2D eigenvalue weighted by Crippen LogP contribution is 2.41. The highest BCUT2D eigenvalue weighted by atomic mass is 32.2. The molecule has 1 heterocycles. The van der Waals surface area contributed by atoms with Gasteiger partial charge in [-0.05, 0) is 37.8 Å². The summed E-state index contributed by atoms with van der Waals surface area (Å²) in [6.45, 7) is 0.936. The number of rotatable bonds is 5. The number of halogens is 3. The van der Waals surface area contributed by atoms with Gasteiger partial charge in [0, 0.05) is 13.2 Å². The molecule has 6 nitrogen and oxygen atoms in total. The molecule has 0 unspecified atom stereocenters. The molecule has 28 heavy (non-hydrogen) atoms. The zero-order chi connectivity index (χ0) is 20.5. The highest BCUT2D eigenvalue weighted by Gasteiger charge is 2.48. The second-order valence-corrected chi connectivity index (χ2v) is 9.26. The molecule has 1 aliphatic carbocycles. The Bertz CT molecular complexity index is 817. The summed E-state index contributed by atoms with van der Waals surface area (Å²) < 4.78 is 76.7. The quantitative estimate of drug-likeness (QED) is 0.785. The Balaban J connectivity index is 1.86. The van der Waals surface area contributed by atoms with Crippen molar-refractivity contribution in [2.75, 3.05) is 13.2 Å². The monoisotopic (exact) mass is 422 g/mol. The Kier molecular flexibility index (Phi) is 6.02. The van der Waals surface area contributed by atoms with Crippen molar-refractivity contribution < 1.29 is 41.0 Å². The lowest BCUT2D eigenvalue weighted by atomic mass is 10.1. The predicted molar refractivity (Wildman–Crippen MR) is 91.5 cm³/mol. The second kappa shape index (κ2) is 8.00. The van der Waals surface area contributed by atoms with Gasteiger partial charge in [-0.1, -0.05) is 12.1 Å². The maximum atomic E-state index is 13.3. The van der Waals surface area contributed by atoms with Gasteiger partial charge < -0.3 is 14.6 Å². The molecule has 2 fully saturated rings. The van der Waals surface area contributed by atoms with E-state index in [0.29, 0.717) is 32.1 Å². The van der Waals surface area contributed by atoms with Gasteiger partial charge in [-0.3, -0.25) is 4.79 Å². The number of hydrogen-bond donors (Lipinski definition) is 1. The van der Waals surface area contributed by atoms with Gasteiger partial charge in [0.1, 0.15) is 0 Å². The zero-order valence-corrected chi connectivity index (χ0v) is 15.7. The molecule has 1 aromatic carbocycles. The normalized spacial score (nSPS) is 27.0. The van der Waals surface area contributed by atoms with Gasteiger partial charge in [0.05, 0.1) is 33.8 Å². The van der Waals surface area contributed by atoms with E-state index in [4.69, 9.17) is 9.47 Å². The van der Waals surface area contributed by atoms with Crippen molar-refractivity contribution in [2.45, 2.75) is 54.2 Å². The van der Waals surface area contributed by atoms with Crippen LogP contribution in [0.2, 0.25) is 0 Å². The fourth-order valence-corrected chi connectivity index (χ4v) is 5.83. The summed E-state index contributed by atoms with van der Waals surface area (Å²) in [5, 5.41) is 8.22. The van der Waals surface area contributed by atoms with Crippen LogP contribution in [0.15, 0.2) is 29.2 Å². The van der Waals surface area contributed by atoms with Gasteiger partial charge in [0.25, 0.3) is 0 Å². The number of carbonyl (C=O) groups is 1. The largest absolute Gasteiger partial charge is 0.481 e. The topological polar surface area (TPSA) is 89.9 Å². The van der Waals surface area contributed by atoms with E-state index in [1.807, 2.05) is 0 Å². The summed E-state index contributed by atoms with van der Waals surface area (Å²) in [6.07, 6.45) is -5.23. The SMILES string of the molecule is O=C(O)[C@H]1C[C@H](S(=O)(=O)c2ccccc2C(F)(F)F)C[C@@H]1OC1CCOCC1. The van der Waals surface area contributed by atoms with Crippen molar-refractivity contribution in [3.8, 4) is 0 Å². The van der Waals surface area contributed by atoms with Crippen LogP contribution in [0, 0.1) is 5.92 Å². The molecule has 1 saturated heterocycles. The molecule has 3 atom stereocenters. The fraction of sp³-hybridized carbons (Fsp3) is 0.611. The molecular weight excluding hydrogens is 401 g/mol. The Morgan fingerprint density at radius 1 is 1.14 bits per heavy atom. The van der Waals surface area contributed by atoms with Crippen LogP contribution in [0.5, 0.6) is 0 Å². The van der Waals surface area contributed by atoms with E-state index in [0.717, 1.165) is 12.1 Å². The average molecular weight is 422 g/mol. The van der Waals surface area contributed by atoms with Crippen molar-refractivity contribution >= 4 is 15.8 Å². The smallest absolute Gasteiger partial charge is 0.417 e. The van der Waals surface area contributed by atoms with E-state index in [1.54, 1.807) is 0 Å². The number of carboxylic acids is 1. The lowest BCUT2D eigenvalue weighted by Crippen LogP contribution is -2.33. The van der Waals surface area contributed by atoms with Crippen LogP contribution in [-0.2, 0) is 30.3 Å². The molecular formula is C18H21F3O6S. The van der Waals surface area contributed by atoms with E-state index in [1.165, 1.54) is 6.07 Å². The molecule has 1 aliphatic heterocycles. The molecule has 0 amide bonds. The summed E-state index contributed by atoms with van der Waals surface area (Å²) in [5.74, 6) is -2.29. The van der Waals surface area contributed by atoms with Crippen LogP contribution in [0.3, 0.4) is 0 Å². The van der Waals surface area contributed by atoms with E-state index >= 15 is 0 Å². The molecule has 2 aliphatic rings. The Morgan fingerprint density at radius 2 is 1.79 bits per heavy atom. The molecule has 3 rings (SSSR count). The molecule has 1 N–H and O–H groups in total. The molecule has 0 aromatic heterocycles. The van der Waals surface area contributed by atoms with Gasteiger partial charge in [0.15, 0.2) is 9.84 Å². The van der Waals surface area contributed by atoms with E-state index in [2.05, 4.69) is 0 Å². The predicted octanol–water partition coefficient (Wildman–Crippen LogP) is 2.91. The van der Waals surface area contributed by atoms with Crippen LogP contribution in [0.4, 0.5) is 13.2 Å². The van der Waals surface area contributed by atoms with Crippen LogP contribution < -0.4 is 0 Å². The first-order valence-electron chi connectivity index (χ1n) is 8.97. The van der Waals surface area contributed by atoms with Crippen molar-refractivity contribution in [2.24, 2.45) is 5.92 Å². The molecule has 0 spiro atoms. The maximum Gasteiger partial charge on any atom is 0.417 e. The van der Waals surface area contributed by atoms with E-state index in [-0.39, 0.29) is 18.9 Å². The minimum atomic E-state index is -4.83. The Labute approximate surface area is 160 Å². The number of ether oxygens (including phenoxy) is 2. The second-order valence-electron chi connectivity index (χ2n) is 7.06. The number of alkyl halides is 3. The Morgan fingerprint density at radius 3 is 2.39 bits per heavy atom. The summed E-state index contributed by atoms with van der Waals surface area (Å²) in [4.78, 5) is 10.8. The first kappa shape index (κ1) is 21.1. The first-order valence-corrected chi connectivity index (χ1v) is 10.5. The van der Waals surface area contributed by atoms with Crippen LogP contribution in [0.25, 0.3) is 0 Å². The van der Waals surface area contributed by atoms with Crippen LogP contribution in [0.1, 0.15) is 31.2 Å². The van der Waals surface area contributed by atoms with Gasteiger partial charge in [-0.15, -0.1) is 0 Å². The molecule has 10 heteroatoms. The zero-order valence-electron chi connectivity index (χ0n) is 14.9. The third kappa shape index (κ3) is 4.33. The highest BCUT2D eigenvalue weighted by molar-refractivity contribution is 7.92. The number of sulfone groups is 1. The van der Waals surface area contributed by atoms with Crippen molar-refractivity contribution in [1.29, 1.82) is 0 Å². The van der Waals surface area contributed by atoms with Crippen molar-refractivity contribution in [3.63, 3.8) is 0 Å². The molecule has 0 radical (unpaired) electrons. The van der Waals surface area contributed by atoms with Gasteiger partial charge in [0.2, 0.25) is 0 Å². The minimum absolute atomic E-state index is 0.150. The minimum Gasteiger partial charge on any atom is -0.481 e. The third-order valence-corrected chi connectivity index (χ3v) is 7.48. The van der Waals surface area contributed by atoms with Crippen LogP contribution in [-0.4, -0.2) is 50.2 Å².